The van der Waals surface area contributed by atoms with E-state index in [2.05, 4.69) is 10.6 Å². The van der Waals surface area contributed by atoms with E-state index in [0.717, 1.165) is 4.90 Å². The van der Waals surface area contributed by atoms with Gasteiger partial charge in [0.25, 0.3) is 0 Å². The molecule has 0 saturated carbocycles. The van der Waals surface area contributed by atoms with E-state index in [0.29, 0.717) is 5.69 Å². The summed E-state index contributed by atoms with van der Waals surface area (Å²) in [6, 6.07) is 5.93. The van der Waals surface area contributed by atoms with Crippen LogP contribution in [0.25, 0.3) is 0 Å². The van der Waals surface area contributed by atoms with Crippen molar-refractivity contribution in [3.8, 4) is 0 Å². The number of nitrogens with one attached hydrogen (secondary N) is 2. The highest BCUT2D eigenvalue weighted by atomic mass is 32.2. The lowest BCUT2D eigenvalue weighted by atomic mass is 10.1. The second-order valence-electron chi connectivity index (χ2n) is 4.39. The molecule has 0 saturated heterocycles. The van der Waals surface area contributed by atoms with Gasteiger partial charge >= 0.3 is 12.0 Å². The first kappa shape index (κ1) is 15.4. The van der Waals surface area contributed by atoms with Gasteiger partial charge in [0.1, 0.15) is 6.04 Å². The Morgan fingerprint density at radius 1 is 1.32 bits per heavy atom. The minimum atomic E-state index is -1.04. The Balaban J connectivity index is 2.66. The van der Waals surface area contributed by atoms with E-state index in [1.165, 1.54) is 0 Å². The van der Waals surface area contributed by atoms with E-state index in [1.807, 2.05) is 24.5 Å². The Bertz CT molecular complexity index is 463. The molecule has 0 aliphatic rings. The summed E-state index contributed by atoms with van der Waals surface area (Å²) < 4.78 is 0. The molecule has 1 rings (SSSR count). The van der Waals surface area contributed by atoms with Gasteiger partial charge in [0.15, 0.2) is 0 Å². The highest BCUT2D eigenvalue weighted by Crippen LogP contribution is 2.18. The van der Waals surface area contributed by atoms with Crippen LogP contribution < -0.4 is 10.6 Å². The molecule has 0 radical (unpaired) electrons. The largest absolute Gasteiger partial charge is 0.480 e. The number of carbonyl (C=O) groups is 2. The van der Waals surface area contributed by atoms with Crippen molar-refractivity contribution < 1.29 is 14.7 Å². The van der Waals surface area contributed by atoms with Crippen LogP contribution in [0.5, 0.6) is 0 Å². The van der Waals surface area contributed by atoms with Crippen molar-refractivity contribution in [2.24, 2.45) is 5.92 Å². The van der Waals surface area contributed by atoms with Gasteiger partial charge in [-0.15, -0.1) is 11.8 Å². The number of thioether (sulfide) groups is 1. The van der Waals surface area contributed by atoms with Crippen LogP contribution in [-0.4, -0.2) is 29.4 Å². The zero-order valence-electron chi connectivity index (χ0n) is 11.1. The van der Waals surface area contributed by atoms with Crippen LogP contribution in [0.1, 0.15) is 13.8 Å². The average molecular weight is 282 g/mol. The van der Waals surface area contributed by atoms with Crippen molar-refractivity contribution in [3.05, 3.63) is 24.3 Å². The summed E-state index contributed by atoms with van der Waals surface area (Å²) in [5.41, 5.74) is 0.636. The number of benzene rings is 1. The summed E-state index contributed by atoms with van der Waals surface area (Å²) in [6.07, 6.45) is 1.94. The molecule has 0 spiro atoms. The normalized spacial score (nSPS) is 12.0. The second kappa shape index (κ2) is 7.04. The first-order valence-electron chi connectivity index (χ1n) is 5.88. The fraction of sp³-hybridized carbons (Fsp3) is 0.385. The summed E-state index contributed by atoms with van der Waals surface area (Å²) in [5, 5.41) is 14.1. The van der Waals surface area contributed by atoms with Crippen LogP contribution in [-0.2, 0) is 4.79 Å². The van der Waals surface area contributed by atoms with E-state index in [1.54, 1.807) is 31.7 Å². The number of urea groups is 1. The summed E-state index contributed by atoms with van der Waals surface area (Å²) in [5.74, 6) is -1.22. The quantitative estimate of drug-likeness (QED) is 0.725. The molecular weight excluding hydrogens is 264 g/mol. The van der Waals surface area contributed by atoms with Crippen LogP contribution in [0.15, 0.2) is 29.2 Å². The van der Waals surface area contributed by atoms with E-state index in [9.17, 15) is 9.59 Å². The van der Waals surface area contributed by atoms with Gasteiger partial charge in [0.05, 0.1) is 0 Å². The van der Waals surface area contributed by atoms with E-state index >= 15 is 0 Å². The highest BCUT2D eigenvalue weighted by molar-refractivity contribution is 7.98. The third kappa shape index (κ3) is 4.82. The number of carboxylic acid groups (broad SMARTS) is 1. The Morgan fingerprint density at radius 2 is 2.00 bits per heavy atom. The SMILES string of the molecule is CSc1cccc(NC(=O)NC(C(=O)O)C(C)C)c1. The second-order valence-corrected chi connectivity index (χ2v) is 5.27. The molecule has 0 heterocycles. The zero-order chi connectivity index (χ0) is 14.4. The molecule has 1 aromatic carbocycles. The molecule has 5 nitrogen and oxygen atoms in total. The molecule has 0 aliphatic heterocycles. The zero-order valence-corrected chi connectivity index (χ0v) is 12.0. The number of hydrogen-bond donors (Lipinski definition) is 3. The maximum Gasteiger partial charge on any atom is 0.326 e. The van der Waals surface area contributed by atoms with Gasteiger partial charge in [-0.2, -0.15) is 0 Å². The summed E-state index contributed by atoms with van der Waals surface area (Å²) in [4.78, 5) is 23.7. The number of amides is 2. The van der Waals surface area contributed by atoms with Gasteiger partial charge in [-0.05, 0) is 30.4 Å². The summed E-state index contributed by atoms with van der Waals surface area (Å²) in [6.45, 7) is 3.49. The van der Waals surface area contributed by atoms with Crippen LogP contribution in [0.4, 0.5) is 10.5 Å². The molecule has 0 aliphatic carbocycles. The van der Waals surface area contributed by atoms with Crippen molar-refractivity contribution in [3.63, 3.8) is 0 Å². The first-order chi connectivity index (χ1) is 8.93. The number of anilines is 1. The third-order valence-corrected chi connectivity index (χ3v) is 3.27. The molecule has 19 heavy (non-hydrogen) atoms. The molecule has 0 bridgehead atoms. The molecule has 1 aromatic rings. The monoisotopic (exact) mass is 282 g/mol. The van der Waals surface area contributed by atoms with Crippen molar-refractivity contribution >= 4 is 29.4 Å². The van der Waals surface area contributed by atoms with Gasteiger partial charge in [0, 0.05) is 10.6 Å². The minimum absolute atomic E-state index is 0.180. The lowest BCUT2D eigenvalue weighted by Gasteiger charge is -2.18. The van der Waals surface area contributed by atoms with Gasteiger partial charge in [-0.25, -0.2) is 9.59 Å². The van der Waals surface area contributed by atoms with Crippen LogP contribution >= 0.6 is 11.8 Å². The first-order valence-corrected chi connectivity index (χ1v) is 7.11. The molecule has 2 amide bonds. The van der Waals surface area contributed by atoms with E-state index < -0.39 is 18.0 Å². The maximum atomic E-state index is 11.7. The Kier molecular flexibility index (Phi) is 5.69. The Labute approximate surface area is 116 Å². The lowest BCUT2D eigenvalue weighted by Crippen LogP contribution is -2.46. The van der Waals surface area contributed by atoms with Crippen LogP contribution in [0.2, 0.25) is 0 Å². The Morgan fingerprint density at radius 3 is 2.53 bits per heavy atom. The third-order valence-electron chi connectivity index (χ3n) is 2.55. The smallest absolute Gasteiger partial charge is 0.326 e. The van der Waals surface area contributed by atoms with E-state index in [4.69, 9.17) is 5.11 Å². The van der Waals surface area contributed by atoms with Crippen LogP contribution in [0, 0.1) is 5.92 Å². The lowest BCUT2D eigenvalue weighted by molar-refractivity contribution is -0.140. The predicted molar refractivity (Wildman–Crippen MR) is 76.6 cm³/mol. The van der Waals surface area contributed by atoms with Crippen molar-refractivity contribution in [2.45, 2.75) is 24.8 Å². The minimum Gasteiger partial charge on any atom is -0.480 e. The predicted octanol–water partition coefficient (Wildman–Crippen LogP) is 2.64. The number of hydrogen-bond acceptors (Lipinski definition) is 3. The fourth-order valence-electron chi connectivity index (χ4n) is 1.52. The maximum absolute atomic E-state index is 11.7. The molecule has 0 aromatic heterocycles. The summed E-state index contributed by atoms with van der Waals surface area (Å²) in [7, 11) is 0. The van der Waals surface area contributed by atoms with Gasteiger partial charge in [-0.1, -0.05) is 19.9 Å². The molecular formula is C13H18N2O3S. The van der Waals surface area contributed by atoms with Gasteiger partial charge < -0.3 is 15.7 Å². The number of carbonyl (C=O) groups excluding carboxylic acids is 1. The molecule has 6 heteroatoms. The topological polar surface area (TPSA) is 78.4 Å². The number of aliphatic carboxylic acids is 1. The molecule has 1 unspecified atom stereocenters. The number of rotatable bonds is 5. The fourth-order valence-corrected chi connectivity index (χ4v) is 1.98. The van der Waals surface area contributed by atoms with Crippen LogP contribution in [0.3, 0.4) is 0 Å². The van der Waals surface area contributed by atoms with Crippen molar-refractivity contribution in [2.75, 3.05) is 11.6 Å². The standard InChI is InChI=1S/C13H18N2O3S/c1-8(2)11(12(16)17)15-13(18)14-9-5-4-6-10(7-9)19-3/h4-8,11H,1-3H3,(H,16,17)(H2,14,15,18). The van der Waals surface area contributed by atoms with E-state index in [-0.39, 0.29) is 5.92 Å². The van der Waals surface area contributed by atoms with Gasteiger partial charge in [-0.3, -0.25) is 0 Å². The molecule has 104 valence electrons. The average Bonchev–Trinajstić information content (AvgIpc) is 2.35. The summed E-state index contributed by atoms with van der Waals surface area (Å²) >= 11 is 1.57. The van der Waals surface area contributed by atoms with Crippen molar-refractivity contribution in [1.29, 1.82) is 0 Å². The molecule has 1 atom stereocenters. The molecule has 3 N–H and O–H groups in total. The highest BCUT2D eigenvalue weighted by Gasteiger charge is 2.23. The Hall–Kier alpha value is -1.69. The van der Waals surface area contributed by atoms with Gasteiger partial charge in [0.2, 0.25) is 0 Å². The molecule has 0 fully saturated rings. The van der Waals surface area contributed by atoms with Crippen molar-refractivity contribution in [1.82, 2.24) is 5.32 Å². The number of carboxylic acids is 1.